The maximum absolute atomic E-state index is 12.5. The van der Waals surface area contributed by atoms with Crippen LogP contribution < -0.4 is 0 Å². The molecule has 3 aliphatic rings. The van der Waals surface area contributed by atoms with Gasteiger partial charge in [0.05, 0.1) is 11.6 Å². The standard InChI is InChI=1S/C36H49N3O2/c1-36(2,32-15-13-28(23-37)14-16-32)20-17-27-18-21-38(22-19-27)24-31-25-39(26-33(31)29-9-5-3-6-10-29)34(35(40)41)30-11-7-4-8-12-30/h3,5-6,9-10,13-16,27,30-31,33-34H,4,7-8,11-12,17-22,24-26H2,1-2H3,(H,40,41)/t31-,33+,34+/m0/s1. The van der Waals surface area contributed by atoms with Gasteiger partial charge in [0.15, 0.2) is 0 Å². The summed E-state index contributed by atoms with van der Waals surface area (Å²) in [5.41, 5.74) is 3.52. The lowest BCUT2D eigenvalue weighted by Crippen LogP contribution is -2.46. The van der Waals surface area contributed by atoms with E-state index in [1.807, 2.05) is 12.1 Å². The zero-order chi connectivity index (χ0) is 28.8. The molecule has 3 fully saturated rings. The highest BCUT2D eigenvalue weighted by Crippen LogP contribution is 2.39. The van der Waals surface area contributed by atoms with Crippen LogP contribution in [-0.2, 0) is 10.2 Å². The number of rotatable bonds is 10. The molecule has 2 aromatic rings. The minimum Gasteiger partial charge on any atom is -0.480 e. The van der Waals surface area contributed by atoms with E-state index in [1.54, 1.807) is 0 Å². The first kappa shape index (κ1) is 29.8. The van der Waals surface area contributed by atoms with Gasteiger partial charge in [-0.25, -0.2) is 0 Å². The van der Waals surface area contributed by atoms with E-state index >= 15 is 0 Å². The highest BCUT2D eigenvalue weighted by molar-refractivity contribution is 5.74. The third-order valence-electron chi connectivity index (χ3n) is 10.6. The van der Waals surface area contributed by atoms with Gasteiger partial charge in [-0.1, -0.05) is 75.6 Å². The van der Waals surface area contributed by atoms with E-state index in [-0.39, 0.29) is 11.5 Å². The molecule has 0 unspecified atom stereocenters. The minimum absolute atomic E-state index is 0.111. The highest BCUT2D eigenvalue weighted by atomic mass is 16.4. The highest BCUT2D eigenvalue weighted by Gasteiger charge is 2.43. The van der Waals surface area contributed by atoms with Gasteiger partial charge in [-0.3, -0.25) is 9.69 Å². The van der Waals surface area contributed by atoms with E-state index in [9.17, 15) is 9.90 Å². The van der Waals surface area contributed by atoms with Crippen molar-refractivity contribution in [2.75, 3.05) is 32.7 Å². The maximum Gasteiger partial charge on any atom is 0.321 e. The number of nitriles is 1. The van der Waals surface area contributed by atoms with Gasteiger partial charge in [0.25, 0.3) is 0 Å². The molecule has 0 aromatic heterocycles. The summed E-state index contributed by atoms with van der Waals surface area (Å²) in [5.74, 6) is 1.30. The zero-order valence-electron chi connectivity index (χ0n) is 25.2. The molecule has 2 aromatic carbocycles. The van der Waals surface area contributed by atoms with Crippen molar-refractivity contribution in [2.45, 2.75) is 89.0 Å². The summed E-state index contributed by atoms with van der Waals surface area (Å²) in [6, 6.07) is 20.9. The van der Waals surface area contributed by atoms with Gasteiger partial charge in [-0.15, -0.1) is 0 Å². The Balaban J connectivity index is 1.18. The number of hydrogen-bond donors (Lipinski definition) is 1. The number of benzene rings is 2. The van der Waals surface area contributed by atoms with Crippen LogP contribution in [0.5, 0.6) is 0 Å². The number of nitrogens with zero attached hydrogens (tertiary/aromatic N) is 3. The smallest absolute Gasteiger partial charge is 0.321 e. The van der Waals surface area contributed by atoms with Crippen LogP contribution in [0.3, 0.4) is 0 Å². The molecule has 0 radical (unpaired) electrons. The predicted molar refractivity (Wildman–Crippen MR) is 165 cm³/mol. The normalized spacial score (nSPS) is 24.2. The molecule has 1 aliphatic carbocycles. The van der Waals surface area contributed by atoms with Crippen molar-refractivity contribution >= 4 is 5.97 Å². The molecule has 2 heterocycles. The van der Waals surface area contributed by atoms with Gasteiger partial charge in [-0.2, -0.15) is 5.26 Å². The monoisotopic (exact) mass is 555 g/mol. The lowest BCUT2D eigenvalue weighted by Gasteiger charge is -2.36. The van der Waals surface area contributed by atoms with Crippen molar-refractivity contribution in [1.82, 2.24) is 9.80 Å². The third kappa shape index (κ3) is 7.40. The van der Waals surface area contributed by atoms with Crippen LogP contribution in [0.25, 0.3) is 0 Å². The number of carboxylic acids is 1. The molecule has 0 bridgehead atoms. The van der Waals surface area contributed by atoms with Crippen molar-refractivity contribution in [3.05, 3.63) is 71.3 Å². The van der Waals surface area contributed by atoms with Gasteiger partial charge < -0.3 is 10.0 Å². The minimum atomic E-state index is -0.617. The number of aliphatic carboxylic acids is 1. The Hall–Kier alpha value is -2.68. The van der Waals surface area contributed by atoms with Crippen LogP contribution >= 0.6 is 0 Å². The second-order valence-corrected chi connectivity index (χ2v) is 13.8. The van der Waals surface area contributed by atoms with Crippen LogP contribution in [-0.4, -0.2) is 59.6 Å². The van der Waals surface area contributed by atoms with E-state index in [4.69, 9.17) is 5.26 Å². The average molecular weight is 556 g/mol. The SMILES string of the molecule is CC(C)(CCC1CCN(C[C@H]2CN([C@@H](C(=O)O)C3CCCCC3)C[C@@H]2c2ccccc2)CC1)c1ccc(C#N)cc1. The number of hydrogen-bond acceptors (Lipinski definition) is 4. The molecule has 2 saturated heterocycles. The molecule has 0 spiro atoms. The lowest BCUT2D eigenvalue weighted by molar-refractivity contribution is -0.145. The fraction of sp³-hybridized carbons (Fsp3) is 0.611. The Morgan fingerprint density at radius 3 is 2.29 bits per heavy atom. The van der Waals surface area contributed by atoms with Crippen molar-refractivity contribution < 1.29 is 9.90 Å². The molecule has 1 N–H and O–H groups in total. The topological polar surface area (TPSA) is 67.6 Å². The molecule has 220 valence electrons. The van der Waals surface area contributed by atoms with Crippen molar-refractivity contribution in [1.29, 1.82) is 5.26 Å². The molecule has 0 amide bonds. The van der Waals surface area contributed by atoms with Crippen molar-refractivity contribution in [2.24, 2.45) is 17.8 Å². The number of piperidine rings is 1. The summed E-state index contributed by atoms with van der Waals surface area (Å²) in [5, 5.41) is 19.4. The average Bonchev–Trinajstić information content (AvgIpc) is 3.40. The second kappa shape index (κ2) is 13.5. The summed E-state index contributed by atoms with van der Waals surface area (Å²) in [7, 11) is 0. The Kier molecular flexibility index (Phi) is 9.83. The molecular formula is C36H49N3O2. The molecular weight excluding hydrogens is 506 g/mol. The molecule has 41 heavy (non-hydrogen) atoms. The predicted octanol–water partition coefficient (Wildman–Crippen LogP) is 7.08. The molecule has 2 aliphatic heterocycles. The Labute approximate surface area is 247 Å². The molecule has 5 rings (SSSR count). The van der Waals surface area contributed by atoms with Crippen LogP contribution in [0.1, 0.15) is 94.2 Å². The van der Waals surface area contributed by atoms with Crippen molar-refractivity contribution in [3.8, 4) is 6.07 Å². The van der Waals surface area contributed by atoms with E-state index in [2.05, 4.69) is 72.2 Å². The first-order valence-corrected chi connectivity index (χ1v) is 16.1. The summed E-state index contributed by atoms with van der Waals surface area (Å²) in [4.78, 5) is 17.6. The second-order valence-electron chi connectivity index (χ2n) is 13.8. The van der Waals surface area contributed by atoms with E-state index < -0.39 is 5.97 Å². The molecule has 5 heteroatoms. The first-order chi connectivity index (χ1) is 19.8. The van der Waals surface area contributed by atoms with Gasteiger partial charge >= 0.3 is 5.97 Å². The third-order valence-corrected chi connectivity index (χ3v) is 10.6. The van der Waals surface area contributed by atoms with Gasteiger partial charge in [0, 0.05) is 25.6 Å². The summed E-state index contributed by atoms with van der Waals surface area (Å²) in [6.45, 7) is 9.77. The van der Waals surface area contributed by atoms with Crippen LogP contribution in [0, 0.1) is 29.1 Å². The number of carboxylic acid groups (broad SMARTS) is 1. The van der Waals surface area contributed by atoms with Gasteiger partial charge in [0.2, 0.25) is 0 Å². The van der Waals surface area contributed by atoms with Crippen LogP contribution in [0.4, 0.5) is 0 Å². The van der Waals surface area contributed by atoms with E-state index in [0.29, 0.717) is 17.8 Å². The van der Waals surface area contributed by atoms with E-state index in [0.717, 1.165) is 63.5 Å². The lowest BCUT2D eigenvalue weighted by atomic mass is 9.77. The van der Waals surface area contributed by atoms with Crippen LogP contribution in [0.15, 0.2) is 54.6 Å². The molecule has 5 nitrogen and oxygen atoms in total. The number of carbonyl (C=O) groups is 1. The Bertz CT molecular complexity index is 1160. The summed E-state index contributed by atoms with van der Waals surface area (Å²) < 4.78 is 0. The first-order valence-electron chi connectivity index (χ1n) is 16.1. The summed E-state index contributed by atoms with van der Waals surface area (Å²) in [6.07, 6.45) is 10.6. The fourth-order valence-corrected chi connectivity index (χ4v) is 8.00. The summed E-state index contributed by atoms with van der Waals surface area (Å²) >= 11 is 0. The largest absolute Gasteiger partial charge is 0.480 e. The maximum atomic E-state index is 12.5. The van der Waals surface area contributed by atoms with Gasteiger partial charge in [-0.05, 0) is 98.0 Å². The molecule has 3 atom stereocenters. The fourth-order valence-electron chi connectivity index (χ4n) is 8.00. The zero-order valence-corrected chi connectivity index (χ0v) is 25.2. The van der Waals surface area contributed by atoms with Crippen LogP contribution in [0.2, 0.25) is 0 Å². The van der Waals surface area contributed by atoms with E-state index in [1.165, 1.54) is 49.7 Å². The van der Waals surface area contributed by atoms with Crippen molar-refractivity contribution in [3.63, 3.8) is 0 Å². The quantitative estimate of drug-likeness (QED) is 0.339. The number of likely N-dealkylation sites (tertiary alicyclic amines) is 2. The molecule has 1 saturated carbocycles. The van der Waals surface area contributed by atoms with Gasteiger partial charge in [0.1, 0.15) is 6.04 Å². The Morgan fingerprint density at radius 2 is 1.66 bits per heavy atom. The Morgan fingerprint density at radius 1 is 0.976 bits per heavy atom.